The lowest BCUT2D eigenvalue weighted by atomic mass is 9.81. The highest BCUT2D eigenvalue weighted by molar-refractivity contribution is 6.40. The first-order valence-corrected chi connectivity index (χ1v) is 4.85. The van der Waals surface area contributed by atoms with Crippen LogP contribution in [0.25, 0.3) is 0 Å². The summed E-state index contributed by atoms with van der Waals surface area (Å²) in [4.78, 5) is 0. The summed E-state index contributed by atoms with van der Waals surface area (Å²) in [5.74, 6) is 0.766. The van der Waals surface area contributed by atoms with Crippen LogP contribution in [0.4, 0.5) is 0 Å². The van der Waals surface area contributed by atoms with Crippen LogP contribution in [-0.2, 0) is 12.7 Å². The summed E-state index contributed by atoms with van der Waals surface area (Å²) in [5.41, 5.74) is 1.81. The van der Waals surface area contributed by atoms with Crippen LogP contribution in [0.3, 0.4) is 0 Å². The Labute approximate surface area is 87.4 Å². The molecule has 1 aromatic carbocycles. The van der Waals surface area contributed by atoms with Gasteiger partial charge in [0.2, 0.25) is 0 Å². The minimum atomic E-state index is -1.36. The van der Waals surface area contributed by atoms with Gasteiger partial charge in [0.25, 0.3) is 0 Å². The van der Waals surface area contributed by atoms with Gasteiger partial charge in [0.05, 0.1) is 6.61 Å². The molecule has 74 valence electrons. The number of ether oxygens (including phenoxy) is 1. The molecule has 0 amide bonds. The number of rotatable bonds is 2. The molecule has 0 radical (unpaired) electrons. The minimum absolute atomic E-state index is 0.156. The molecular weight excluding hydrogens is 202 g/mol. The Hall–Kier alpha value is -0.705. The summed E-state index contributed by atoms with van der Waals surface area (Å²) >= 11 is 5.89. The molecule has 1 aromatic rings. The summed E-state index contributed by atoms with van der Waals surface area (Å²) in [6, 6.07) is 3.57. The van der Waals surface area contributed by atoms with Gasteiger partial charge in [0.1, 0.15) is 5.75 Å². The van der Waals surface area contributed by atoms with E-state index in [1.807, 2.05) is 6.07 Å². The maximum atomic E-state index is 8.88. The van der Waals surface area contributed by atoms with Gasteiger partial charge >= 0.3 is 7.12 Å². The maximum Gasteiger partial charge on any atom is 0.456 e. The lowest BCUT2D eigenvalue weighted by molar-refractivity contribution is 0.352. The Kier molecular flexibility index (Phi) is 2.68. The largest absolute Gasteiger partial charge is 0.493 e. The van der Waals surface area contributed by atoms with Crippen LogP contribution < -0.4 is 4.74 Å². The molecule has 0 spiro atoms. The van der Waals surface area contributed by atoms with Crippen molar-refractivity contribution in [1.82, 2.24) is 0 Å². The van der Waals surface area contributed by atoms with Crippen LogP contribution in [0.15, 0.2) is 12.1 Å². The number of fused-ring (bicyclic) bond motifs is 1. The highest BCUT2D eigenvalue weighted by Gasteiger charge is 2.20. The van der Waals surface area contributed by atoms with Crippen molar-refractivity contribution in [2.75, 3.05) is 6.61 Å². The number of hydrogen-bond acceptors (Lipinski definition) is 3. The Bertz CT molecular complexity index is 354. The van der Waals surface area contributed by atoms with Gasteiger partial charge < -0.3 is 14.8 Å². The van der Waals surface area contributed by atoms with E-state index in [2.05, 4.69) is 0 Å². The summed E-state index contributed by atoms with van der Waals surface area (Å²) in [7, 11) is -1.36. The lowest BCUT2D eigenvalue weighted by Gasteiger charge is -2.07. The normalized spacial score (nSPS) is 13.6. The molecule has 3 nitrogen and oxygen atoms in total. The Morgan fingerprint density at radius 3 is 2.93 bits per heavy atom. The van der Waals surface area contributed by atoms with E-state index in [0.29, 0.717) is 11.6 Å². The van der Waals surface area contributed by atoms with Crippen molar-refractivity contribution in [3.05, 3.63) is 28.3 Å². The highest BCUT2D eigenvalue weighted by Crippen LogP contribution is 2.33. The molecule has 0 saturated heterocycles. The van der Waals surface area contributed by atoms with E-state index >= 15 is 0 Å². The number of halogens is 1. The van der Waals surface area contributed by atoms with Crippen LogP contribution in [0.2, 0.25) is 5.02 Å². The SMILES string of the molecule is OB(O)Cc1cc(Cl)cc2c1OCC2. The third-order valence-corrected chi connectivity index (χ3v) is 2.45. The molecule has 0 fully saturated rings. The Balaban J connectivity index is 2.38. The molecule has 2 rings (SSSR count). The van der Waals surface area contributed by atoms with E-state index in [-0.39, 0.29) is 6.32 Å². The fraction of sp³-hybridized carbons (Fsp3) is 0.333. The van der Waals surface area contributed by atoms with Crippen LogP contribution in [-0.4, -0.2) is 23.8 Å². The molecule has 0 aliphatic carbocycles. The molecule has 0 unspecified atom stereocenters. The van der Waals surface area contributed by atoms with Crippen molar-refractivity contribution in [1.29, 1.82) is 0 Å². The lowest BCUT2D eigenvalue weighted by Crippen LogP contribution is -2.15. The van der Waals surface area contributed by atoms with Crippen LogP contribution >= 0.6 is 11.6 Å². The molecule has 0 atom stereocenters. The zero-order valence-electron chi connectivity index (χ0n) is 7.53. The minimum Gasteiger partial charge on any atom is -0.493 e. The second kappa shape index (κ2) is 3.81. The summed E-state index contributed by atoms with van der Waals surface area (Å²) < 4.78 is 5.40. The molecule has 0 aromatic heterocycles. The summed E-state index contributed by atoms with van der Waals surface area (Å²) in [6.07, 6.45) is 0.993. The third kappa shape index (κ3) is 1.87. The van der Waals surface area contributed by atoms with Crippen molar-refractivity contribution >= 4 is 18.7 Å². The molecule has 2 N–H and O–H groups in total. The van der Waals surface area contributed by atoms with Crippen LogP contribution in [0.1, 0.15) is 11.1 Å². The van der Waals surface area contributed by atoms with Gasteiger partial charge in [0, 0.05) is 17.8 Å². The average Bonchev–Trinajstić information content (AvgIpc) is 2.50. The predicted molar refractivity (Wildman–Crippen MR) is 54.5 cm³/mol. The molecule has 0 saturated carbocycles. The zero-order chi connectivity index (χ0) is 10.1. The third-order valence-electron chi connectivity index (χ3n) is 2.23. The standard InChI is InChI=1S/C9H10BClO3/c11-8-3-6-1-2-14-9(6)7(4-8)5-10(12)13/h3-4,12-13H,1-2,5H2. The fourth-order valence-corrected chi connectivity index (χ4v) is 1.96. The fourth-order valence-electron chi connectivity index (χ4n) is 1.69. The summed E-state index contributed by atoms with van der Waals surface area (Å²) in [5, 5.41) is 18.4. The van der Waals surface area contributed by atoms with E-state index in [1.54, 1.807) is 6.07 Å². The Morgan fingerprint density at radius 1 is 1.43 bits per heavy atom. The van der Waals surface area contributed by atoms with E-state index in [1.165, 1.54) is 0 Å². The summed E-state index contributed by atoms with van der Waals surface area (Å²) in [6.45, 7) is 0.643. The van der Waals surface area contributed by atoms with Gasteiger partial charge in [-0.05, 0) is 23.3 Å². The number of benzene rings is 1. The van der Waals surface area contributed by atoms with E-state index in [4.69, 9.17) is 26.4 Å². The van der Waals surface area contributed by atoms with Gasteiger partial charge in [-0.2, -0.15) is 0 Å². The first-order valence-electron chi connectivity index (χ1n) is 4.47. The second-order valence-electron chi connectivity index (χ2n) is 3.34. The van der Waals surface area contributed by atoms with Crippen molar-refractivity contribution < 1.29 is 14.8 Å². The van der Waals surface area contributed by atoms with Gasteiger partial charge in [-0.15, -0.1) is 0 Å². The molecular formula is C9H10BClO3. The van der Waals surface area contributed by atoms with E-state index < -0.39 is 7.12 Å². The van der Waals surface area contributed by atoms with Crippen molar-refractivity contribution in [2.24, 2.45) is 0 Å². The molecule has 14 heavy (non-hydrogen) atoms. The monoisotopic (exact) mass is 212 g/mol. The van der Waals surface area contributed by atoms with Crippen LogP contribution in [0.5, 0.6) is 5.75 Å². The highest BCUT2D eigenvalue weighted by atomic mass is 35.5. The van der Waals surface area contributed by atoms with Gasteiger partial charge in [-0.25, -0.2) is 0 Å². The zero-order valence-corrected chi connectivity index (χ0v) is 8.29. The molecule has 5 heteroatoms. The first kappa shape index (κ1) is 9.83. The van der Waals surface area contributed by atoms with Gasteiger partial charge in [-0.1, -0.05) is 11.6 Å². The second-order valence-corrected chi connectivity index (χ2v) is 3.77. The van der Waals surface area contributed by atoms with Crippen LogP contribution in [0, 0.1) is 0 Å². The molecule has 1 aliphatic rings. The maximum absolute atomic E-state index is 8.88. The first-order chi connectivity index (χ1) is 6.66. The molecule has 0 bridgehead atoms. The number of hydrogen-bond donors (Lipinski definition) is 2. The molecule has 1 heterocycles. The van der Waals surface area contributed by atoms with E-state index in [0.717, 1.165) is 23.3 Å². The van der Waals surface area contributed by atoms with Gasteiger partial charge in [-0.3, -0.25) is 0 Å². The topological polar surface area (TPSA) is 49.7 Å². The molecule has 1 aliphatic heterocycles. The average molecular weight is 212 g/mol. The smallest absolute Gasteiger partial charge is 0.456 e. The van der Waals surface area contributed by atoms with Crippen molar-refractivity contribution in [3.63, 3.8) is 0 Å². The van der Waals surface area contributed by atoms with E-state index in [9.17, 15) is 0 Å². The van der Waals surface area contributed by atoms with Gasteiger partial charge in [0.15, 0.2) is 0 Å². The predicted octanol–water partition coefficient (Wildman–Crippen LogP) is 0.829. The Morgan fingerprint density at radius 2 is 2.21 bits per heavy atom. The van der Waals surface area contributed by atoms with Crippen molar-refractivity contribution in [2.45, 2.75) is 12.7 Å². The van der Waals surface area contributed by atoms with Crippen molar-refractivity contribution in [3.8, 4) is 5.75 Å². The quantitative estimate of drug-likeness (QED) is 0.714.